The van der Waals surface area contributed by atoms with Gasteiger partial charge in [-0.2, -0.15) is 10.5 Å². The van der Waals surface area contributed by atoms with Gasteiger partial charge >= 0.3 is 0 Å². The highest BCUT2D eigenvalue weighted by molar-refractivity contribution is 5.53. The summed E-state index contributed by atoms with van der Waals surface area (Å²) in [7, 11) is 0. The molecule has 0 spiro atoms. The predicted octanol–water partition coefficient (Wildman–Crippen LogP) is 2.48. The fourth-order valence-electron chi connectivity index (χ4n) is 2.47. The van der Waals surface area contributed by atoms with E-state index in [9.17, 15) is 0 Å². The highest BCUT2D eigenvalue weighted by Crippen LogP contribution is 2.53. The van der Waals surface area contributed by atoms with Gasteiger partial charge in [0.05, 0.1) is 0 Å². The molecular formula is C12H10N2. The van der Waals surface area contributed by atoms with Crippen LogP contribution in [0.1, 0.15) is 12.8 Å². The van der Waals surface area contributed by atoms with Gasteiger partial charge in [-0.15, -0.1) is 0 Å². The Morgan fingerprint density at radius 2 is 1.86 bits per heavy atom. The summed E-state index contributed by atoms with van der Waals surface area (Å²) in [6, 6.07) is 3.92. The number of hydrogen-bond donors (Lipinski definition) is 0. The first-order valence-electron chi connectivity index (χ1n) is 4.60. The van der Waals surface area contributed by atoms with Crippen LogP contribution in [0, 0.1) is 34.5 Å². The van der Waals surface area contributed by atoms with Gasteiger partial charge < -0.3 is 0 Å². The lowest BCUT2D eigenvalue weighted by Gasteiger charge is -2.18. The van der Waals surface area contributed by atoms with Crippen LogP contribution in [0.3, 0.4) is 0 Å². The van der Waals surface area contributed by atoms with Crippen molar-refractivity contribution in [1.29, 1.82) is 10.5 Å². The molecule has 2 aliphatic rings. The number of allylic oxidation sites excluding steroid dienone is 4. The van der Waals surface area contributed by atoms with Crippen molar-refractivity contribution in [2.45, 2.75) is 12.8 Å². The van der Waals surface area contributed by atoms with E-state index in [1.54, 1.807) is 0 Å². The van der Waals surface area contributed by atoms with E-state index in [4.69, 9.17) is 10.5 Å². The third kappa shape index (κ3) is 0.947. The molecule has 2 aliphatic carbocycles. The largest absolute Gasteiger partial charge is 0.192 e. The maximum Gasteiger partial charge on any atom is 0.129 e. The lowest BCUT2D eigenvalue weighted by Crippen LogP contribution is -2.05. The molecule has 2 fully saturated rings. The van der Waals surface area contributed by atoms with Gasteiger partial charge in [0.25, 0.3) is 0 Å². The first-order valence-corrected chi connectivity index (χ1v) is 4.60. The van der Waals surface area contributed by atoms with E-state index in [-0.39, 0.29) is 11.5 Å². The van der Waals surface area contributed by atoms with Crippen LogP contribution >= 0.6 is 0 Å². The Hall–Kier alpha value is -1.80. The lowest BCUT2D eigenvalue weighted by atomic mass is 9.85. The molecule has 2 saturated carbocycles. The monoisotopic (exact) mass is 182 g/mol. The van der Waals surface area contributed by atoms with Crippen molar-refractivity contribution < 1.29 is 0 Å². The van der Waals surface area contributed by atoms with Crippen molar-refractivity contribution in [3.63, 3.8) is 0 Å². The van der Waals surface area contributed by atoms with E-state index in [1.165, 1.54) is 0 Å². The molecule has 0 saturated heterocycles. The minimum Gasteiger partial charge on any atom is -0.192 e. The van der Waals surface area contributed by atoms with Crippen molar-refractivity contribution in [3.8, 4) is 12.1 Å². The summed E-state index contributed by atoms with van der Waals surface area (Å²) >= 11 is 0. The third-order valence-electron chi connectivity index (χ3n) is 3.28. The molecule has 2 nitrogen and oxygen atoms in total. The fourth-order valence-corrected chi connectivity index (χ4v) is 2.47. The number of nitriles is 2. The Morgan fingerprint density at radius 3 is 2.29 bits per heavy atom. The summed E-state index contributed by atoms with van der Waals surface area (Å²) < 4.78 is 0. The Balaban J connectivity index is 2.45. The standard InChI is InChI=1S/C12H10N2/c1-7-8(2)11-3-9(7)4-12(11)10(5-13)6-14/h9,11H,1-4H2. The van der Waals surface area contributed by atoms with E-state index in [2.05, 4.69) is 13.2 Å². The van der Waals surface area contributed by atoms with Gasteiger partial charge in [0, 0.05) is 5.92 Å². The summed E-state index contributed by atoms with van der Waals surface area (Å²) in [6.07, 6.45) is 1.83. The van der Waals surface area contributed by atoms with Crippen molar-refractivity contribution in [3.05, 3.63) is 35.5 Å². The quantitative estimate of drug-likeness (QED) is 0.540. The number of nitrogens with zero attached hydrogens (tertiary/aromatic N) is 2. The van der Waals surface area contributed by atoms with Crippen LogP contribution in [0.5, 0.6) is 0 Å². The van der Waals surface area contributed by atoms with Crippen LogP contribution in [0.15, 0.2) is 35.5 Å². The molecule has 68 valence electrons. The zero-order chi connectivity index (χ0) is 10.3. The van der Waals surface area contributed by atoms with Gasteiger partial charge in [0.2, 0.25) is 0 Å². The molecule has 0 aromatic heterocycles. The van der Waals surface area contributed by atoms with Gasteiger partial charge in [0.1, 0.15) is 17.7 Å². The predicted molar refractivity (Wildman–Crippen MR) is 52.7 cm³/mol. The molecule has 2 heteroatoms. The molecule has 0 amide bonds. The van der Waals surface area contributed by atoms with Crippen molar-refractivity contribution >= 4 is 0 Å². The van der Waals surface area contributed by atoms with E-state index in [0.29, 0.717) is 5.92 Å². The first-order chi connectivity index (χ1) is 6.69. The SMILES string of the molecule is C=C1C(=C)C2CC1CC2=C(C#N)C#N. The Labute approximate surface area is 83.5 Å². The molecule has 0 N–H and O–H groups in total. The van der Waals surface area contributed by atoms with Gasteiger partial charge in [-0.25, -0.2) is 0 Å². The lowest BCUT2D eigenvalue weighted by molar-refractivity contribution is 0.691. The maximum absolute atomic E-state index is 8.78. The maximum atomic E-state index is 8.78. The van der Waals surface area contributed by atoms with E-state index < -0.39 is 0 Å². The van der Waals surface area contributed by atoms with E-state index in [1.807, 2.05) is 12.1 Å². The third-order valence-corrected chi connectivity index (χ3v) is 3.28. The molecule has 0 heterocycles. The first kappa shape index (κ1) is 8.78. The smallest absolute Gasteiger partial charge is 0.129 e. The number of fused-ring (bicyclic) bond motifs is 2. The van der Waals surface area contributed by atoms with E-state index in [0.717, 1.165) is 29.6 Å². The second-order valence-corrected chi connectivity index (χ2v) is 3.86. The molecular weight excluding hydrogens is 172 g/mol. The topological polar surface area (TPSA) is 47.6 Å². The molecule has 0 aromatic rings. The molecule has 2 rings (SSSR count). The Kier molecular flexibility index (Phi) is 1.79. The number of rotatable bonds is 0. The van der Waals surface area contributed by atoms with Crippen LogP contribution < -0.4 is 0 Å². The van der Waals surface area contributed by atoms with E-state index >= 15 is 0 Å². The van der Waals surface area contributed by atoms with Crippen molar-refractivity contribution in [2.75, 3.05) is 0 Å². The minimum absolute atomic E-state index is 0.224. The molecule has 2 unspecified atom stereocenters. The minimum atomic E-state index is 0.224. The van der Waals surface area contributed by atoms with Gasteiger partial charge in [0.15, 0.2) is 0 Å². The molecule has 2 atom stereocenters. The summed E-state index contributed by atoms with van der Waals surface area (Å²) in [5.74, 6) is 0.654. The average molecular weight is 182 g/mol. The Morgan fingerprint density at radius 1 is 1.21 bits per heavy atom. The van der Waals surface area contributed by atoms with Gasteiger partial charge in [-0.3, -0.25) is 0 Å². The summed E-state index contributed by atoms with van der Waals surface area (Å²) in [4.78, 5) is 0. The molecule has 2 bridgehead atoms. The summed E-state index contributed by atoms with van der Waals surface area (Å²) in [6.45, 7) is 7.94. The van der Waals surface area contributed by atoms with Crippen molar-refractivity contribution in [1.82, 2.24) is 0 Å². The molecule has 0 aliphatic heterocycles. The van der Waals surface area contributed by atoms with Gasteiger partial charge in [-0.1, -0.05) is 13.2 Å². The molecule has 14 heavy (non-hydrogen) atoms. The second kappa shape index (κ2) is 2.86. The van der Waals surface area contributed by atoms with Crippen LogP contribution in [-0.2, 0) is 0 Å². The zero-order valence-corrected chi connectivity index (χ0v) is 7.88. The zero-order valence-electron chi connectivity index (χ0n) is 7.88. The van der Waals surface area contributed by atoms with Gasteiger partial charge in [-0.05, 0) is 35.5 Å². The number of hydrogen-bond acceptors (Lipinski definition) is 2. The Bertz CT molecular complexity index is 424. The van der Waals surface area contributed by atoms with Crippen LogP contribution in [-0.4, -0.2) is 0 Å². The van der Waals surface area contributed by atoms with Crippen molar-refractivity contribution in [2.24, 2.45) is 11.8 Å². The normalized spacial score (nSPS) is 28.9. The fraction of sp³-hybridized carbons (Fsp3) is 0.333. The van der Waals surface area contributed by atoms with Crippen LogP contribution in [0.4, 0.5) is 0 Å². The summed E-state index contributed by atoms with van der Waals surface area (Å²) in [5.41, 5.74) is 3.41. The molecule has 0 aromatic carbocycles. The second-order valence-electron chi connectivity index (χ2n) is 3.86. The van der Waals surface area contributed by atoms with Crippen LogP contribution in [0.25, 0.3) is 0 Å². The van der Waals surface area contributed by atoms with Crippen LogP contribution in [0.2, 0.25) is 0 Å². The summed E-state index contributed by atoms with van der Waals surface area (Å²) in [5, 5.41) is 17.6. The highest BCUT2D eigenvalue weighted by Gasteiger charge is 2.42. The average Bonchev–Trinajstić information content (AvgIpc) is 2.71. The highest BCUT2D eigenvalue weighted by atomic mass is 14.5. The molecule has 0 radical (unpaired) electrons.